The molecule has 0 saturated carbocycles. The minimum Gasteiger partial charge on any atom is -1.00 e. The number of hydrogen-bond acceptors (Lipinski definition) is 5. The first-order valence-corrected chi connectivity index (χ1v) is 2.89. The van der Waals surface area contributed by atoms with Crippen molar-refractivity contribution in [3.63, 3.8) is 0 Å². The van der Waals surface area contributed by atoms with Crippen molar-refractivity contribution in [3.05, 3.63) is 0 Å². The minimum atomic E-state index is -0.954. The van der Waals surface area contributed by atoms with Gasteiger partial charge in [-0.25, -0.2) is 4.89 Å². The minimum absolute atomic E-state index is 0. The van der Waals surface area contributed by atoms with E-state index in [4.69, 9.17) is 20.6 Å². The van der Waals surface area contributed by atoms with Gasteiger partial charge in [0.2, 0.25) is 0 Å². The zero-order valence-corrected chi connectivity index (χ0v) is 8.90. The summed E-state index contributed by atoms with van der Waals surface area (Å²) in [6.45, 7) is 1.35. The molecule has 66 valence electrons. The molecule has 0 aliphatic rings. The average Bonchev–Trinajstić information content (AvgIpc) is 2.03. The van der Waals surface area contributed by atoms with Crippen LogP contribution in [0.3, 0.4) is 0 Å². The Morgan fingerprint density at radius 3 is 1.64 bits per heavy atom. The van der Waals surface area contributed by atoms with Gasteiger partial charge in [-0.15, -0.1) is 0 Å². The number of hydrogen-bond donors (Lipinski definition) is 4. The summed E-state index contributed by atoms with van der Waals surface area (Å²) in [5, 5.41) is 31.4. The Morgan fingerprint density at radius 2 is 1.64 bits per heavy atom. The van der Waals surface area contributed by atoms with Crippen molar-refractivity contribution in [1.82, 2.24) is 0 Å². The Bertz CT molecular complexity index is 53.1. The standard InChI is InChI=1S/C3H8O3.C2H6O2.Na.H/c4-1-3(6)2-5;1-2-4-3;;/h3-6H,1-2H2;3H,2H2,1H3;;/q;;+1;-1. The van der Waals surface area contributed by atoms with Crippen LogP contribution in [0.25, 0.3) is 0 Å². The van der Waals surface area contributed by atoms with Crippen LogP contribution in [0.5, 0.6) is 0 Å². The second kappa shape index (κ2) is 17.0. The SMILES string of the molecule is CCOO.OCC(O)CO.[H-].[Na+]. The van der Waals surface area contributed by atoms with Crippen molar-refractivity contribution in [1.29, 1.82) is 0 Å². The molecule has 0 aromatic heterocycles. The van der Waals surface area contributed by atoms with Gasteiger partial charge in [0.05, 0.1) is 19.8 Å². The first kappa shape index (κ1) is 17.8. The largest absolute Gasteiger partial charge is 1.00 e. The molecule has 0 aromatic carbocycles. The van der Waals surface area contributed by atoms with E-state index in [1.165, 1.54) is 0 Å². The van der Waals surface area contributed by atoms with Gasteiger partial charge in [-0.3, -0.25) is 5.26 Å². The van der Waals surface area contributed by atoms with Crippen LogP contribution < -0.4 is 29.6 Å². The van der Waals surface area contributed by atoms with Crippen molar-refractivity contribution in [2.45, 2.75) is 13.0 Å². The maximum atomic E-state index is 8.17. The van der Waals surface area contributed by atoms with Gasteiger partial charge in [-0.2, -0.15) is 0 Å². The van der Waals surface area contributed by atoms with Crippen LogP contribution in [0.15, 0.2) is 0 Å². The van der Waals surface area contributed by atoms with E-state index >= 15 is 0 Å². The normalized spacial score (nSPS) is 8.18. The fourth-order valence-electron chi connectivity index (χ4n) is 0.0577. The summed E-state index contributed by atoms with van der Waals surface area (Å²) in [4.78, 5) is 3.54. The molecule has 0 unspecified atom stereocenters. The van der Waals surface area contributed by atoms with E-state index in [0.29, 0.717) is 6.61 Å². The molecule has 11 heavy (non-hydrogen) atoms. The fourth-order valence-corrected chi connectivity index (χ4v) is 0.0577. The van der Waals surface area contributed by atoms with Gasteiger partial charge in [-0.1, -0.05) is 0 Å². The number of rotatable bonds is 3. The summed E-state index contributed by atoms with van der Waals surface area (Å²) in [5.74, 6) is 0. The zero-order chi connectivity index (χ0) is 8.41. The average molecular weight is 178 g/mol. The molecule has 0 aromatic rings. The predicted octanol–water partition coefficient (Wildman–Crippen LogP) is -4.06. The summed E-state index contributed by atoms with van der Waals surface area (Å²) in [5.41, 5.74) is 0. The molecule has 0 fully saturated rings. The van der Waals surface area contributed by atoms with E-state index in [1.807, 2.05) is 0 Å². The molecule has 0 saturated heterocycles. The second-order valence-corrected chi connectivity index (χ2v) is 1.44. The van der Waals surface area contributed by atoms with E-state index in [2.05, 4.69) is 4.89 Å². The summed E-state index contributed by atoms with van der Waals surface area (Å²) in [6.07, 6.45) is -0.954. The molecule has 0 amide bonds. The van der Waals surface area contributed by atoms with E-state index in [9.17, 15) is 0 Å². The van der Waals surface area contributed by atoms with Crippen molar-refractivity contribution < 1.29 is 56.4 Å². The van der Waals surface area contributed by atoms with Crippen LogP contribution in [-0.4, -0.2) is 46.5 Å². The van der Waals surface area contributed by atoms with Crippen LogP contribution in [-0.2, 0) is 4.89 Å². The van der Waals surface area contributed by atoms with Gasteiger partial charge in [0, 0.05) is 0 Å². The van der Waals surface area contributed by atoms with Crippen LogP contribution in [0.4, 0.5) is 0 Å². The molecule has 6 heteroatoms. The molecule has 0 atom stereocenters. The Kier molecular flexibility index (Phi) is 27.5. The molecular formula is C5H15NaO5. The van der Waals surface area contributed by atoms with E-state index in [0.717, 1.165) is 0 Å². The third-order valence-corrected chi connectivity index (χ3v) is 0.551. The molecular weight excluding hydrogens is 163 g/mol. The fraction of sp³-hybridized carbons (Fsp3) is 1.00. The van der Waals surface area contributed by atoms with Crippen LogP contribution in [0.2, 0.25) is 0 Å². The maximum absolute atomic E-state index is 8.17. The Balaban J connectivity index is -0.0000000483. The van der Waals surface area contributed by atoms with E-state index in [1.54, 1.807) is 6.92 Å². The Labute approximate surface area is 89.3 Å². The monoisotopic (exact) mass is 178 g/mol. The third kappa shape index (κ3) is 24.9. The molecule has 5 nitrogen and oxygen atoms in total. The zero-order valence-electron chi connectivity index (χ0n) is 7.90. The van der Waals surface area contributed by atoms with E-state index in [-0.39, 0.29) is 44.2 Å². The molecule has 0 aliphatic carbocycles. The van der Waals surface area contributed by atoms with Crippen LogP contribution in [0, 0.1) is 0 Å². The molecule has 0 aliphatic heterocycles. The molecule has 0 radical (unpaired) electrons. The van der Waals surface area contributed by atoms with Crippen molar-refractivity contribution in [3.8, 4) is 0 Å². The van der Waals surface area contributed by atoms with E-state index < -0.39 is 6.10 Å². The van der Waals surface area contributed by atoms with Gasteiger partial charge in [0.15, 0.2) is 0 Å². The number of aliphatic hydroxyl groups is 3. The van der Waals surface area contributed by atoms with Gasteiger partial charge in [-0.05, 0) is 6.92 Å². The van der Waals surface area contributed by atoms with Gasteiger partial charge in [0.1, 0.15) is 6.10 Å². The Morgan fingerprint density at radius 1 is 1.36 bits per heavy atom. The topological polar surface area (TPSA) is 90.2 Å². The number of aliphatic hydroxyl groups excluding tert-OH is 3. The molecule has 0 bridgehead atoms. The molecule has 0 spiro atoms. The van der Waals surface area contributed by atoms with Gasteiger partial charge >= 0.3 is 29.6 Å². The maximum Gasteiger partial charge on any atom is 1.00 e. The molecule has 0 heterocycles. The van der Waals surface area contributed by atoms with Crippen LogP contribution >= 0.6 is 0 Å². The summed E-state index contributed by atoms with van der Waals surface area (Å²) < 4.78 is 0. The first-order valence-electron chi connectivity index (χ1n) is 2.89. The molecule has 4 N–H and O–H groups in total. The summed E-state index contributed by atoms with van der Waals surface area (Å²) >= 11 is 0. The summed E-state index contributed by atoms with van der Waals surface area (Å²) in [6, 6.07) is 0. The quantitative estimate of drug-likeness (QED) is 0.200. The van der Waals surface area contributed by atoms with Crippen LogP contribution in [0.1, 0.15) is 8.35 Å². The molecule has 0 rings (SSSR count). The summed E-state index contributed by atoms with van der Waals surface area (Å²) in [7, 11) is 0. The smallest absolute Gasteiger partial charge is 1.00 e. The first-order chi connectivity index (χ1) is 4.72. The van der Waals surface area contributed by atoms with Gasteiger partial charge in [0.25, 0.3) is 0 Å². The van der Waals surface area contributed by atoms with Crippen molar-refractivity contribution in [2.24, 2.45) is 0 Å². The Hall–Kier alpha value is 0.800. The van der Waals surface area contributed by atoms with Gasteiger partial charge < -0.3 is 16.7 Å². The van der Waals surface area contributed by atoms with Crippen molar-refractivity contribution in [2.75, 3.05) is 19.8 Å². The van der Waals surface area contributed by atoms with Crippen molar-refractivity contribution >= 4 is 0 Å². The predicted molar refractivity (Wildman–Crippen MR) is 35.5 cm³/mol. The second-order valence-electron chi connectivity index (χ2n) is 1.44. The third-order valence-electron chi connectivity index (χ3n) is 0.551.